The molecule has 2 heterocycles. The van der Waals surface area contributed by atoms with Crippen LogP contribution in [0.3, 0.4) is 0 Å². The first-order chi connectivity index (χ1) is 15.3. The molecule has 0 fully saturated rings. The number of carbonyl (C=O) groups excluding carboxylic acids is 2. The zero-order chi connectivity index (χ0) is 22.9. The number of amides is 3. The average molecular weight is 445 g/mol. The number of ether oxygens (including phenoxy) is 1. The molecule has 0 unspecified atom stereocenters. The Labute approximate surface area is 183 Å². The van der Waals surface area contributed by atoms with Gasteiger partial charge in [-0.15, -0.1) is 0 Å². The van der Waals surface area contributed by atoms with Crippen LogP contribution in [0.25, 0.3) is 5.57 Å². The zero-order valence-corrected chi connectivity index (χ0v) is 17.4. The number of hydrogen-bond donors (Lipinski definition) is 2. The fraction of sp³-hybridized carbons (Fsp3) is 0.304. The maximum Gasteiger partial charge on any atom is 0.416 e. The number of nitrogens with one attached hydrogen (secondary N) is 2. The Balaban J connectivity index is 1.62. The molecule has 0 bridgehead atoms. The van der Waals surface area contributed by atoms with E-state index in [4.69, 9.17) is 4.74 Å². The van der Waals surface area contributed by atoms with Gasteiger partial charge in [0.05, 0.1) is 24.5 Å². The smallest absolute Gasteiger partial charge is 0.376 e. The summed E-state index contributed by atoms with van der Waals surface area (Å²) in [6, 6.07) is 8.62. The first kappa shape index (κ1) is 21.9. The van der Waals surface area contributed by atoms with Gasteiger partial charge in [0, 0.05) is 30.4 Å². The second-order valence-electron chi connectivity index (χ2n) is 7.54. The third-order valence-corrected chi connectivity index (χ3v) is 5.53. The van der Waals surface area contributed by atoms with Crippen molar-refractivity contribution in [3.63, 3.8) is 0 Å². The minimum absolute atomic E-state index is 0.0525. The van der Waals surface area contributed by atoms with Crippen LogP contribution in [0.5, 0.6) is 0 Å². The zero-order valence-electron chi connectivity index (χ0n) is 17.4. The molecule has 2 aromatic rings. The van der Waals surface area contributed by atoms with E-state index in [0.717, 1.165) is 23.4 Å². The van der Waals surface area contributed by atoms with Crippen molar-refractivity contribution in [3.8, 4) is 0 Å². The van der Waals surface area contributed by atoms with E-state index < -0.39 is 17.6 Å². The molecule has 0 radical (unpaired) electrons. The predicted molar refractivity (Wildman–Crippen MR) is 114 cm³/mol. The van der Waals surface area contributed by atoms with Gasteiger partial charge in [-0.3, -0.25) is 9.69 Å². The number of urea groups is 1. The van der Waals surface area contributed by atoms with Crippen molar-refractivity contribution in [2.75, 3.05) is 23.4 Å². The van der Waals surface area contributed by atoms with E-state index in [1.165, 1.54) is 12.1 Å². The SMILES string of the molecule is CCN1C(=O)NCc2c(NC(=O)/C=C3/CCOCc4cc(C(F)(F)F)ccc43)cccc21. The Morgan fingerprint density at radius 1 is 1.28 bits per heavy atom. The lowest BCUT2D eigenvalue weighted by atomic mass is 9.96. The van der Waals surface area contributed by atoms with Crippen LogP contribution in [0.1, 0.15) is 35.6 Å². The van der Waals surface area contributed by atoms with Crippen molar-refractivity contribution in [2.45, 2.75) is 32.7 Å². The topological polar surface area (TPSA) is 70.7 Å². The molecule has 32 heavy (non-hydrogen) atoms. The van der Waals surface area contributed by atoms with Gasteiger partial charge in [0.1, 0.15) is 0 Å². The molecule has 2 N–H and O–H groups in total. The normalized spacial score (nSPS) is 17.3. The number of carbonyl (C=O) groups is 2. The highest BCUT2D eigenvalue weighted by Crippen LogP contribution is 2.35. The van der Waals surface area contributed by atoms with E-state index >= 15 is 0 Å². The molecule has 2 aromatic carbocycles. The highest BCUT2D eigenvalue weighted by atomic mass is 19.4. The number of halogens is 3. The van der Waals surface area contributed by atoms with E-state index in [2.05, 4.69) is 10.6 Å². The minimum atomic E-state index is -4.45. The van der Waals surface area contributed by atoms with E-state index in [-0.39, 0.29) is 19.2 Å². The Morgan fingerprint density at radius 2 is 2.09 bits per heavy atom. The molecule has 0 aromatic heterocycles. The van der Waals surface area contributed by atoms with Crippen LogP contribution in [-0.4, -0.2) is 25.1 Å². The lowest BCUT2D eigenvalue weighted by Gasteiger charge is -2.30. The Hall–Kier alpha value is -3.33. The van der Waals surface area contributed by atoms with Crippen molar-refractivity contribution in [3.05, 3.63) is 64.7 Å². The van der Waals surface area contributed by atoms with Crippen LogP contribution in [0.4, 0.5) is 29.3 Å². The number of anilines is 2. The molecular weight excluding hydrogens is 423 g/mol. The molecule has 3 amide bonds. The number of rotatable bonds is 3. The highest BCUT2D eigenvalue weighted by Gasteiger charge is 2.31. The van der Waals surface area contributed by atoms with E-state index in [1.54, 1.807) is 17.0 Å². The Kier molecular flexibility index (Phi) is 5.92. The van der Waals surface area contributed by atoms with Gasteiger partial charge in [0.25, 0.3) is 0 Å². The summed E-state index contributed by atoms with van der Waals surface area (Å²) < 4.78 is 44.7. The quantitative estimate of drug-likeness (QED) is 0.673. The maximum atomic E-state index is 13.1. The predicted octanol–water partition coefficient (Wildman–Crippen LogP) is 4.70. The van der Waals surface area contributed by atoms with Gasteiger partial charge in [0.15, 0.2) is 0 Å². The number of fused-ring (bicyclic) bond motifs is 2. The molecule has 0 saturated carbocycles. The lowest BCUT2D eigenvalue weighted by Crippen LogP contribution is -2.44. The summed E-state index contributed by atoms with van der Waals surface area (Å²) in [4.78, 5) is 26.5. The number of benzene rings is 2. The number of nitrogens with zero attached hydrogens (tertiary/aromatic N) is 1. The fourth-order valence-corrected chi connectivity index (χ4v) is 3.99. The van der Waals surface area contributed by atoms with Gasteiger partial charge in [-0.2, -0.15) is 13.2 Å². The lowest BCUT2D eigenvalue weighted by molar-refractivity contribution is -0.137. The molecule has 0 atom stereocenters. The first-order valence-corrected chi connectivity index (χ1v) is 10.2. The summed E-state index contributed by atoms with van der Waals surface area (Å²) in [6.45, 7) is 2.98. The van der Waals surface area contributed by atoms with Gasteiger partial charge < -0.3 is 15.4 Å². The van der Waals surface area contributed by atoms with Crippen LogP contribution >= 0.6 is 0 Å². The molecule has 4 rings (SSSR count). The van der Waals surface area contributed by atoms with Gasteiger partial charge in [-0.25, -0.2) is 4.79 Å². The molecule has 6 nitrogen and oxygen atoms in total. The van der Waals surface area contributed by atoms with Crippen molar-refractivity contribution in [1.82, 2.24) is 5.32 Å². The largest absolute Gasteiger partial charge is 0.416 e. The van der Waals surface area contributed by atoms with E-state index in [1.807, 2.05) is 13.0 Å². The van der Waals surface area contributed by atoms with Crippen LogP contribution in [-0.2, 0) is 28.9 Å². The summed E-state index contributed by atoms with van der Waals surface area (Å²) in [5, 5.41) is 5.63. The highest BCUT2D eigenvalue weighted by molar-refractivity contribution is 6.06. The van der Waals surface area contributed by atoms with Crippen LogP contribution in [0, 0.1) is 0 Å². The molecule has 2 aliphatic rings. The van der Waals surface area contributed by atoms with Crippen molar-refractivity contribution in [2.24, 2.45) is 0 Å². The van der Waals surface area contributed by atoms with Gasteiger partial charge in [-0.05, 0) is 54.3 Å². The summed E-state index contributed by atoms with van der Waals surface area (Å²) >= 11 is 0. The molecular formula is C23H22F3N3O3. The standard InChI is InChI=1S/C23H22F3N3O3/c1-2-29-20-5-3-4-19(18(20)12-27-22(29)31)28-21(30)11-14-8-9-32-13-15-10-16(23(24,25)26)6-7-17(14)15/h3-7,10-11H,2,8-9,12-13H2,1H3,(H,27,31)(H,28,30)/b14-11-. The Bertz CT molecular complexity index is 1100. The van der Waals surface area contributed by atoms with Crippen molar-refractivity contribution >= 4 is 28.9 Å². The molecule has 0 spiro atoms. The number of alkyl halides is 3. The second-order valence-corrected chi connectivity index (χ2v) is 7.54. The summed E-state index contributed by atoms with van der Waals surface area (Å²) in [5.74, 6) is -0.402. The van der Waals surface area contributed by atoms with Gasteiger partial charge in [0.2, 0.25) is 5.91 Å². The average Bonchev–Trinajstić information content (AvgIpc) is 2.95. The maximum absolute atomic E-state index is 13.1. The van der Waals surface area contributed by atoms with Gasteiger partial charge >= 0.3 is 12.2 Å². The minimum Gasteiger partial charge on any atom is -0.376 e. The van der Waals surface area contributed by atoms with Crippen LogP contribution in [0.2, 0.25) is 0 Å². The number of hydrogen-bond acceptors (Lipinski definition) is 3. The summed E-state index contributed by atoms with van der Waals surface area (Å²) in [5.41, 5.74) is 2.93. The van der Waals surface area contributed by atoms with Crippen LogP contribution in [0.15, 0.2) is 42.5 Å². The molecule has 0 aliphatic carbocycles. The molecule has 2 aliphatic heterocycles. The van der Waals surface area contributed by atoms with Crippen molar-refractivity contribution < 1.29 is 27.5 Å². The molecule has 9 heteroatoms. The van der Waals surface area contributed by atoms with Crippen molar-refractivity contribution in [1.29, 1.82) is 0 Å². The Morgan fingerprint density at radius 3 is 2.84 bits per heavy atom. The fourth-order valence-electron chi connectivity index (χ4n) is 3.99. The first-order valence-electron chi connectivity index (χ1n) is 10.2. The summed E-state index contributed by atoms with van der Waals surface area (Å²) in [7, 11) is 0. The third-order valence-electron chi connectivity index (χ3n) is 5.53. The van der Waals surface area contributed by atoms with E-state index in [0.29, 0.717) is 42.0 Å². The van der Waals surface area contributed by atoms with E-state index in [9.17, 15) is 22.8 Å². The third kappa shape index (κ3) is 4.34. The van der Waals surface area contributed by atoms with Gasteiger partial charge in [-0.1, -0.05) is 12.1 Å². The molecule has 0 saturated heterocycles. The van der Waals surface area contributed by atoms with Crippen LogP contribution < -0.4 is 15.5 Å². The molecule has 168 valence electrons. The summed E-state index contributed by atoms with van der Waals surface area (Å²) in [6.07, 6.45) is -2.64. The second kappa shape index (κ2) is 8.66. The monoisotopic (exact) mass is 445 g/mol.